The molecule has 1 aliphatic heterocycles. The number of carbonyl (C=O) groups is 1. The molecule has 1 fully saturated rings. The summed E-state index contributed by atoms with van der Waals surface area (Å²) in [6, 6.07) is 12.8. The van der Waals surface area contributed by atoms with Crippen molar-refractivity contribution in [2.24, 2.45) is 0 Å². The van der Waals surface area contributed by atoms with Gasteiger partial charge >= 0.3 is 0 Å². The summed E-state index contributed by atoms with van der Waals surface area (Å²) >= 11 is 5.92. The molecule has 7 heteroatoms. The summed E-state index contributed by atoms with van der Waals surface area (Å²) in [6.45, 7) is 7.12. The van der Waals surface area contributed by atoms with Gasteiger partial charge in [0.1, 0.15) is 30.3 Å². The summed E-state index contributed by atoms with van der Waals surface area (Å²) in [5, 5.41) is 14.1. The van der Waals surface area contributed by atoms with Crippen molar-refractivity contribution in [3.8, 4) is 11.5 Å². The molecule has 3 rings (SSSR count). The molecule has 0 bridgehead atoms. The molecule has 1 aliphatic rings. The molecule has 162 valence electrons. The van der Waals surface area contributed by atoms with Crippen LogP contribution in [0.5, 0.6) is 11.5 Å². The lowest BCUT2D eigenvalue weighted by atomic mass is 10.1. The summed E-state index contributed by atoms with van der Waals surface area (Å²) in [5.74, 6) is 1.19. The zero-order valence-electron chi connectivity index (χ0n) is 17.6. The Labute approximate surface area is 182 Å². The Morgan fingerprint density at radius 1 is 1.30 bits per heavy atom. The number of rotatable bonds is 8. The SMILES string of the molecule is CC(=O)Nc1ccc(C)cc1OC[C@H](O)[C@H](C)N1CC[C@H](Oc2ccc(Cl)cc2)C1. The van der Waals surface area contributed by atoms with Crippen molar-refractivity contribution < 1.29 is 19.4 Å². The van der Waals surface area contributed by atoms with Crippen LogP contribution in [0, 0.1) is 6.92 Å². The van der Waals surface area contributed by atoms with Gasteiger partial charge < -0.3 is 19.9 Å². The van der Waals surface area contributed by atoms with Crippen molar-refractivity contribution in [2.45, 2.75) is 45.4 Å². The van der Waals surface area contributed by atoms with Crippen LogP contribution in [-0.4, -0.2) is 53.9 Å². The lowest BCUT2D eigenvalue weighted by Crippen LogP contribution is -2.43. The molecule has 0 radical (unpaired) electrons. The van der Waals surface area contributed by atoms with E-state index >= 15 is 0 Å². The Morgan fingerprint density at radius 2 is 2.03 bits per heavy atom. The molecule has 0 aromatic heterocycles. The van der Waals surface area contributed by atoms with E-state index in [4.69, 9.17) is 21.1 Å². The maximum atomic E-state index is 11.4. The number of aryl methyl sites for hydroxylation is 1. The first kappa shape index (κ1) is 22.4. The molecule has 1 heterocycles. The molecule has 1 amide bonds. The number of nitrogens with one attached hydrogen (secondary N) is 1. The average Bonchev–Trinajstić information content (AvgIpc) is 3.17. The number of aliphatic hydroxyl groups excluding tert-OH is 1. The van der Waals surface area contributed by atoms with Crippen LogP contribution in [0.15, 0.2) is 42.5 Å². The molecule has 0 unspecified atom stereocenters. The largest absolute Gasteiger partial charge is 0.489 e. The second-order valence-corrected chi connectivity index (χ2v) is 8.21. The van der Waals surface area contributed by atoms with Gasteiger partial charge in [-0.3, -0.25) is 9.69 Å². The smallest absolute Gasteiger partial charge is 0.221 e. The van der Waals surface area contributed by atoms with Crippen molar-refractivity contribution in [2.75, 3.05) is 25.0 Å². The minimum atomic E-state index is -0.676. The molecule has 3 atom stereocenters. The highest BCUT2D eigenvalue weighted by Crippen LogP contribution is 2.27. The highest BCUT2D eigenvalue weighted by Gasteiger charge is 2.31. The molecule has 0 aliphatic carbocycles. The van der Waals surface area contributed by atoms with Gasteiger partial charge in [-0.2, -0.15) is 0 Å². The Hall–Kier alpha value is -2.28. The van der Waals surface area contributed by atoms with E-state index in [9.17, 15) is 9.90 Å². The lowest BCUT2D eigenvalue weighted by Gasteiger charge is -2.28. The van der Waals surface area contributed by atoms with E-state index in [2.05, 4.69) is 10.2 Å². The second kappa shape index (κ2) is 10.2. The predicted octanol–water partition coefficient (Wildman–Crippen LogP) is 3.89. The number of carbonyl (C=O) groups excluding carboxylic acids is 1. The first-order chi connectivity index (χ1) is 14.3. The van der Waals surface area contributed by atoms with E-state index in [0.717, 1.165) is 30.8 Å². The molecule has 0 saturated carbocycles. The number of halogens is 1. The number of anilines is 1. The molecular weight excluding hydrogens is 404 g/mol. The number of amides is 1. The van der Waals surface area contributed by atoms with Crippen LogP contribution in [0.25, 0.3) is 0 Å². The zero-order valence-corrected chi connectivity index (χ0v) is 18.4. The van der Waals surface area contributed by atoms with Crippen molar-refractivity contribution in [1.29, 1.82) is 0 Å². The summed E-state index contributed by atoms with van der Waals surface area (Å²) in [4.78, 5) is 13.6. The number of likely N-dealkylation sites (tertiary alicyclic amines) is 1. The molecule has 0 spiro atoms. The number of nitrogens with zero attached hydrogens (tertiary/aromatic N) is 1. The van der Waals surface area contributed by atoms with Gasteiger partial charge in [0.2, 0.25) is 5.91 Å². The third-order valence-corrected chi connectivity index (χ3v) is 5.54. The molecule has 1 saturated heterocycles. The Balaban J connectivity index is 1.52. The predicted molar refractivity (Wildman–Crippen MR) is 119 cm³/mol. The van der Waals surface area contributed by atoms with Gasteiger partial charge in [-0.05, 0) is 62.2 Å². The molecular formula is C23H29ClN2O4. The summed E-state index contributed by atoms with van der Waals surface area (Å²) in [7, 11) is 0. The minimum absolute atomic E-state index is 0.0740. The number of ether oxygens (including phenoxy) is 2. The summed E-state index contributed by atoms with van der Waals surface area (Å²) in [5.41, 5.74) is 1.62. The fraction of sp³-hybridized carbons (Fsp3) is 0.435. The first-order valence-corrected chi connectivity index (χ1v) is 10.5. The van der Waals surface area contributed by atoms with Gasteiger partial charge in [0, 0.05) is 31.1 Å². The number of benzene rings is 2. The number of hydrogen-bond donors (Lipinski definition) is 2. The Morgan fingerprint density at radius 3 is 2.73 bits per heavy atom. The normalized spacial score (nSPS) is 18.6. The van der Waals surface area contributed by atoms with Gasteiger partial charge in [0.05, 0.1) is 5.69 Å². The van der Waals surface area contributed by atoms with Gasteiger partial charge in [-0.1, -0.05) is 17.7 Å². The van der Waals surface area contributed by atoms with Gasteiger partial charge in [0.25, 0.3) is 0 Å². The summed E-state index contributed by atoms with van der Waals surface area (Å²) in [6.07, 6.45) is 0.292. The van der Waals surface area contributed by atoms with Gasteiger partial charge in [-0.25, -0.2) is 0 Å². The topological polar surface area (TPSA) is 71.0 Å². The van der Waals surface area contributed by atoms with Crippen molar-refractivity contribution in [3.05, 3.63) is 53.1 Å². The van der Waals surface area contributed by atoms with Crippen LogP contribution in [0.3, 0.4) is 0 Å². The van der Waals surface area contributed by atoms with E-state index in [1.807, 2.05) is 50.2 Å². The van der Waals surface area contributed by atoms with Crippen LogP contribution >= 0.6 is 11.6 Å². The summed E-state index contributed by atoms with van der Waals surface area (Å²) < 4.78 is 11.9. The Kier molecular flexibility index (Phi) is 7.58. The van der Waals surface area contributed by atoms with Crippen molar-refractivity contribution in [3.63, 3.8) is 0 Å². The van der Waals surface area contributed by atoms with Crippen LogP contribution in [0.2, 0.25) is 5.02 Å². The lowest BCUT2D eigenvalue weighted by molar-refractivity contribution is -0.114. The van der Waals surface area contributed by atoms with E-state index in [1.165, 1.54) is 6.92 Å². The monoisotopic (exact) mass is 432 g/mol. The fourth-order valence-corrected chi connectivity index (χ4v) is 3.65. The maximum Gasteiger partial charge on any atom is 0.221 e. The molecule has 30 heavy (non-hydrogen) atoms. The third-order valence-electron chi connectivity index (χ3n) is 5.28. The minimum Gasteiger partial charge on any atom is -0.489 e. The maximum absolute atomic E-state index is 11.4. The number of hydrogen-bond acceptors (Lipinski definition) is 5. The number of aliphatic hydroxyl groups is 1. The highest BCUT2D eigenvalue weighted by atomic mass is 35.5. The quantitative estimate of drug-likeness (QED) is 0.662. The van der Waals surface area contributed by atoms with E-state index in [0.29, 0.717) is 16.5 Å². The standard InChI is InChI=1S/C23H29ClN2O4/c1-15-4-9-21(25-17(3)27)23(12-15)29-14-22(28)16(2)26-11-10-20(13-26)30-19-7-5-18(24)6-8-19/h4-9,12,16,20,22,28H,10-11,13-14H2,1-3H3,(H,25,27)/t16-,20-,22-/m0/s1. The van der Waals surface area contributed by atoms with Crippen molar-refractivity contribution >= 4 is 23.2 Å². The van der Waals surface area contributed by atoms with Crippen LogP contribution in [-0.2, 0) is 4.79 Å². The third kappa shape index (κ3) is 6.11. The molecule has 2 aromatic rings. The van der Waals surface area contributed by atoms with Crippen LogP contribution < -0.4 is 14.8 Å². The fourth-order valence-electron chi connectivity index (χ4n) is 3.53. The van der Waals surface area contributed by atoms with E-state index < -0.39 is 6.10 Å². The van der Waals surface area contributed by atoms with E-state index in [1.54, 1.807) is 6.07 Å². The van der Waals surface area contributed by atoms with E-state index in [-0.39, 0.29) is 24.7 Å². The van der Waals surface area contributed by atoms with Gasteiger partial charge in [-0.15, -0.1) is 0 Å². The molecule has 2 aromatic carbocycles. The first-order valence-electron chi connectivity index (χ1n) is 10.2. The zero-order chi connectivity index (χ0) is 21.7. The van der Waals surface area contributed by atoms with Crippen LogP contribution in [0.4, 0.5) is 5.69 Å². The van der Waals surface area contributed by atoms with Crippen molar-refractivity contribution in [1.82, 2.24) is 4.90 Å². The van der Waals surface area contributed by atoms with Gasteiger partial charge in [0.15, 0.2) is 0 Å². The average molecular weight is 433 g/mol. The molecule has 2 N–H and O–H groups in total. The van der Waals surface area contributed by atoms with Crippen LogP contribution in [0.1, 0.15) is 25.8 Å². The molecule has 6 nitrogen and oxygen atoms in total. The highest BCUT2D eigenvalue weighted by molar-refractivity contribution is 6.30. The second-order valence-electron chi connectivity index (χ2n) is 7.78. The Bertz CT molecular complexity index is 859.